The Kier molecular flexibility index (Phi) is 3.86. The lowest BCUT2D eigenvalue weighted by atomic mass is 9.92. The summed E-state index contributed by atoms with van der Waals surface area (Å²) in [5.41, 5.74) is 6.33. The maximum Gasteiger partial charge on any atom is 0.354 e. The number of carbonyl (C=O) groups excluding carboxylic acids is 1. The minimum atomic E-state index is -3.46. The van der Waals surface area contributed by atoms with E-state index in [4.69, 9.17) is 9.88 Å². The lowest BCUT2D eigenvalue weighted by molar-refractivity contribution is 0.224. The van der Waals surface area contributed by atoms with Crippen molar-refractivity contribution in [1.29, 1.82) is 0 Å². The van der Waals surface area contributed by atoms with E-state index in [2.05, 4.69) is 20.8 Å². The van der Waals surface area contributed by atoms with Gasteiger partial charge in [-0.25, -0.2) is 18.8 Å². The Morgan fingerprint density at radius 3 is 2.93 bits per heavy atom. The van der Waals surface area contributed by atoms with Crippen molar-refractivity contribution in [2.24, 2.45) is 9.50 Å². The molecule has 0 radical (unpaired) electrons. The van der Waals surface area contributed by atoms with Crippen molar-refractivity contribution in [3.05, 3.63) is 34.5 Å². The number of nitrogens with one attached hydrogen (secondary N) is 1. The first-order valence-corrected chi connectivity index (χ1v) is 12.3. The van der Waals surface area contributed by atoms with E-state index in [1.807, 2.05) is 0 Å². The van der Waals surface area contributed by atoms with E-state index in [-0.39, 0.29) is 10.3 Å². The van der Waals surface area contributed by atoms with Crippen LogP contribution in [-0.2, 0) is 41.1 Å². The Balaban J connectivity index is 1.38. The van der Waals surface area contributed by atoms with Crippen molar-refractivity contribution >= 4 is 21.6 Å². The van der Waals surface area contributed by atoms with Gasteiger partial charge in [0.15, 0.2) is 9.92 Å². The standard InChI is InChI=1S/C21H25N5O3S/c22-30(28,16-12-23-26-9-2-10-29-19(16)26)25-20(27)24-18-15-4-1-3-13(15)11-14-5-6-21(7-8-21)17(14)18/h11-12H,1-10H2,(H3,22,24,25,27,28)/t30-/m1/s1. The third-order valence-electron chi connectivity index (χ3n) is 7.02. The van der Waals surface area contributed by atoms with Crippen LogP contribution in [0.2, 0.25) is 0 Å². The second-order valence-corrected chi connectivity index (χ2v) is 10.6. The number of amides is 2. The summed E-state index contributed by atoms with van der Waals surface area (Å²) in [5, 5.41) is 13.2. The molecule has 1 fully saturated rings. The maximum absolute atomic E-state index is 13.1. The number of ether oxygens (including phenoxy) is 1. The summed E-state index contributed by atoms with van der Waals surface area (Å²) in [6.07, 6.45) is 9.88. The van der Waals surface area contributed by atoms with Crippen molar-refractivity contribution in [2.45, 2.75) is 68.2 Å². The van der Waals surface area contributed by atoms with Crippen LogP contribution >= 0.6 is 0 Å². The zero-order valence-electron chi connectivity index (χ0n) is 16.8. The van der Waals surface area contributed by atoms with Crippen LogP contribution in [0.25, 0.3) is 0 Å². The monoisotopic (exact) mass is 427 g/mol. The second-order valence-electron chi connectivity index (χ2n) is 8.89. The van der Waals surface area contributed by atoms with Gasteiger partial charge < -0.3 is 10.1 Å². The molecule has 3 aliphatic carbocycles. The fraction of sp³-hybridized carbons (Fsp3) is 0.524. The molecule has 0 saturated heterocycles. The number of anilines is 1. The minimum absolute atomic E-state index is 0.180. The van der Waals surface area contributed by atoms with E-state index in [0.29, 0.717) is 19.0 Å². The van der Waals surface area contributed by atoms with Crippen LogP contribution in [0.5, 0.6) is 5.88 Å². The predicted molar refractivity (Wildman–Crippen MR) is 112 cm³/mol. The Labute approximate surface area is 175 Å². The van der Waals surface area contributed by atoms with E-state index in [0.717, 1.165) is 44.2 Å². The average molecular weight is 428 g/mol. The molecule has 4 aliphatic rings. The number of fused-ring (bicyclic) bond motifs is 4. The number of carbonyl (C=O) groups is 1. The Morgan fingerprint density at radius 1 is 1.23 bits per heavy atom. The lowest BCUT2D eigenvalue weighted by Crippen LogP contribution is -2.21. The molecular weight excluding hydrogens is 402 g/mol. The van der Waals surface area contributed by atoms with E-state index in [9.17, 15) is 9.00 Å². The molecule has 1 atom stereocenters. The molecule has 2 amide bonds. The van der Waals surface area contributed by atoms with E-state index >= 15 is 0 Å². The molecule has 2 aromatic rings. The van der Waals surface area contributed by atoms with Gasteiger partial charge >= 0.3 is 6.03 Å². The molecule has 1 aliphatic heterocycles. The van der Waals surface area contributed by atoms with Gasteiger partial charge in [-0.1, -0.05) is 6.07 Å². The highest BCUT2D eigenvalue weighted by Crippen LogP contribution is 2.60. The van der Waals surface area contributed by atoms with Gasteiger partial charge in [0.2, 0.25) is 5.88 Å². The fourth-order valence-corrected chi connectivity index (χ4v) is 6.45. The summed E-state index contributed by atoms with van der Waals surface area (Å²) < 4.78 is 24.2. The van der Waals surface area contributed by atoms with E-state index in [1.165, 1.54) is 41.3 Å². The van der Waals surface area contributed by atoms with Gasteiger partial charge in [0.1, 0.15) is 4.90 Å². The highest BCUT2D eigenvalue weighted by atomic mass is 32.2. The highest BCUT2D eigenvalue weighted by Gasteiger charge is 2.50. The summed E-state index contributed by atoms with van der Waals surface area (Å²) in [4.78, 5) is 13.1. The number of aryl methyl sites for hydroxylation is 3. The molecule has 1 spiro atoms. The van der Waals surface area contributed by atoms with Gasteiger partial charge in [-0.15, -0.1) is 4.36 Å². The Bertz CT molecular complexity index is 1200. The Hall–Kier alpha value is -2.39. The van der Waals surface area contributed by atoms with Crippen molar-refractivity contribution in [3.8, 4) is 5.88 Å². The zero-order valence-corrected chi connectivity index (χ0v) is 17.6. The van der Waals surface area contributed by atoms with Gasteiger partial charge in [-0.2, -0.15) is 5.10 Å². The van der Waals surface area contributed by atoms with E-state index in [1.54, 1.807) is 4.68 Å². The number of hydrogen-bond acceptors (Lipinski definition) is 4. The molecule has 6 rings (SSSR count). The predicted octanol–water partition coefficient (Wildman–Crippen LogP) is 3.06. The van der Waals surface area contributed by atoms with Gasteiger partial charge in [-0.3, -0.25) is 0 Å². The lowest BCUT2D eigenvalue weighted by Gasteiger charge is -2.19. The number of nitrogens with zero attached hydrogens (tertiary/aromatic N) is 3. The number of aromatic nitrogens is 2. The minimum Gasteiger partial charge on any atom is -0.477 e. The third kappa shape index (κ3) is 2.71. The Morgan fingerprint density at radius 2 is 2.10 bits per heavy atom. The molecule has 0 bridgehead atoms. The summed E-state index contributed by atoms with van der Waals surface area (Å²) in [6, 6.07) is 1.68. The number of nitrogens with two attached hydrogens (primary N) is 1. The highest BCUT2D eigenvalue weighted by molar-refractivity contribution is 7.91. The summed E-state index contributed by atoms with van der Waals surface area (Å²) in [7, 11) is -3.46. The van der Waals surface area contributed by atoms with Gasteiger partial charge in [-0.05, 0) is 72.6 Å². The first-order chi connectivity index (χ1) is 14.5. The molecule has 1 saturated carbocycles. The molecule has 1 aromatic heterocycles. The molecule has 3 N–H and O–H groups in total. The molecule has 2 heterocycles. The number of benzene rings is 1. The van der Waals surface area contributed by atoms with Crippen LogP contribution in [0.15, 0.2) is 21.5 Å². The van der Waals surface area contributed by atoms with Gasteiger partial charge in [0, 0.05) is 18.7 Å². The summed E-state index contributed by atoms with van der Waals surface area (Å²) in [6.45, 7) is 1.17. The van der Waals surface area contributed by atoms with Crippen molar-refractivity contribution in [2.75, 3.05) is 11.9 Å². The molecule has 8 nitrogen and oxygen atoms in total. The molecule has 0 unspecified atom stereocenters. The van der Waals surface area contributed by atoms with Crippen LogP contribution in [0, 0.1) is 0 Å². The van der Waals surface area contributed by atoms with E-state index < -0.39 is 15.9 Å². The topological polar surface area (TPSA) is 112 Å². The van der Waals surface area contributed by atoms with Gasteiger partial charge in [0.25, 0.3) is 0 Å². The molecule has 158 valence electrons. The second kappa shape index (κ2) is 6.31. The van der Waals surface area contributed by atoms with Crippen molar-refractivity contribution < 1.29 is 13.7 Å². The number of hydrogen-bond donors (Lipinski definition) is 2. The van der Waals surface area contributed by atoms with Crippen LogP contribution in [0.3, 0.4) is 0 Å². The van der Waals surface area contributed by atoms with Crippen LogP contribution in [0.4, 0.5) is 10.5 Å². The van der Waals surface area contributed by atoms with Crippen molar-refractivity contribution in [1.82, 2.24) is 9.78 Å². The number of urea groups is 1. The summed E-state index contributed by atoms with van der Waals surface area (Å²) >= 11 is 0. The first kappa shape index (κ1) is 18.4. The zero-order chi connectivity index (χ0) is 20.5. The maximum atomic E-state index is 13.1. The first-order valence-electron chi connectivity index (χ1n) is 10.7. The largest absolute Gasteiger partial charge is 0.477 e. The summed E-state index contributed by atoms with van der Waals surface area (Å²) in [5.74, 6) is 0.351. The third-order valence-corrected chi connectivity index (χ3v) is 8.36. The average Bonchev–Trinajstić information content (AvgIpc) is 3.07. The van der Waals surface area contributed by atoms with Gasteiger partial charge in [0.05, 0.1) is 12.8 Å². The number of rotatable bonds is 2. The quantitative estimate of drug-likeness (QED) is 0.767. The molecule has 9 heteroatoms. The fourth-order valence-electron chi connectivity index (χ4n) is 5.44. The normalized spacial score (nSPS) is 21.9. The molecule has 30 heavy (non-hydrogen) atoms. The molecule has 1 aromatic carbocycles. The van der Waals surface area contributed by atoms with Crippen LogP contribution in [0.1, 0.15) is 54.4 Å². The van der Waals surface area contributed by atoms with Crippen LogP contribution in [-0.4, -0.2) is 26.6 Å². The SMILES string of the molecule is N[S@@](=O)(=NC(=O)Nc1c2c(cc3c1C1(CC3)CC1)CCC2)c1cnn2c1OCCC2. The smallest absolute Gasteiger partial charge is 0.354 e. The van der Waals surface area contributed by atoms with Crippen LogP contribution < -0.4 is 15.2 Å². The molecular formula is C21H25N5O3S. The van der Waals surface area contributed by atoms with Crippen molar-refractivity contribution in [3.63, 3.8) is 0 Å².